The molecule has 2 atom stereocenters. The molecule has 0 aliphatic heterocycles. The maximum Gasteiger partial charge on any atom is 0.216 e. The normalized spacial score (nSPS) is 35.8. The van der Waals surface area contributed by atoms with Crippen molar-refractivity contribution < 1.29 is 9.59 Å². The summed E-state index contributed by atoms with van der Waals surface area (Å²) in [5.74, 6) is -0.876. The number of rotatable bonds is 0. The zero-order chi connectivity index (χ0) is 7.02. The molecule has 0 N–H and O–H groups in total. The summed E-state index contributed by atoms with van der Waals surface area (Å²) in [6.07, 6.45) is 0.513. The van der Waals surface area contributed by atoms with E-state index < -0.39 is 11.2 Å². The van der Waals surface area contributed by atoms with Crippen LogP contribution in [0.4, 0.5) is 0 Å². The highest BCUT2D eigenvalue weighted by atomic mass is 35.5. The molecule has 0 saturated heterocycles. The highest BCUT2D eigenvalue weighted by Gasteiger charge is 2.36. The number of carbonyl (C=O) groups is 2. The van der Waals surface area contributed by atoms with Gasteiger partial charge in [0.1, 0.15) is 5.38 Å². The first kappa shape index (κ1) is 6.75. The molecule has 1 rings (SSSR count). The average molecular weight is 147 g/mol. The van der Waals surface area contributed by atoms with Crippen LogP contribution in [0.5, 0.6) is 0 Å². The van der Waals surface area contributed by atoms with Gasteiger partial charge >= 0.3 is 0 Å². The summed E-state index contributed by atoms with van der Waals surface area (Å²) in [6.45, 7) is 1.72. The molecule has 0 amide bonds. The zero-order valence-corrected chi connectivity index (χ0v) is 5.81. The molecule has 1 fully saturated rings. The van der Waals surface area contributed by atoms with Crippen molar-refractivity contribution in [2.75, 3.05) is 0 Å². The predicted octanol–water partition coefficient (Wildman–Crippen LogP) is 0.772. The van der Waals surface area contributed by atoms with Gasteiger partial charge in [0, 0.05) is 5.92 Å². The molecule has 50 valence electrons. The van der Waals surface area contributed by atoms with Gasteiger partial charge in [-0.1, -0.05) is 6.92 Å². The molecule has 0 aromatic heterocycles. The molecule has 0 radical (unpaired) electrons. The number of carbonyl (C=O) groups excluding carboxylic acids is 2. The lowest BCUT2D eigenvalue weighted by atomic mass is 10.1. The van der Waals surface area contributed by atoms with Crippen molar-refractivity contribution in [2.45, 2.75) is 18.7 Å². The number of Topliss-reactive ketones (excluding diaryl/α,β-unsaturated/α-hetero) is 2. The van der Waals surface area contributed by atoms with Crippen LogP contribution in [0.2, 0.25) is 0 Å². The number of alkyl halides is 1. The highest BCUT2D eigenvalue weighted by molar-refractivity contribution is 6.52. The minimum atomic E-state index is -0.549. The summed E-state index contributed by atoms with van der Waals surface area (Å²) in [7, 11) is 0. The van der Waals surface area contributed by atoms with Crippen LogP contribution in [0.25, 0.3) is 0 Å². The van der Waals surface area contributed by atoms with Crippen LogP contribution in [-0.2, 0) is 9.59 Å². The van der Waals surface area contributed by atoms with E-state index >= 15 is 0 Å². The van der Waals surface area contributed by atoms with E-state index in [-0.39, 0.29) is 11.7 Å². The number of hydrogen-bond donors (Lipinski definition) is 0. The van der Waals surface area contributed by atoms with Gasteiger partial charge in [-0.25, -0.2) is 0 Å². The first-order valence-electron chi connectivity index (χ1n) is 2.85. The third-order valence-electron chi connectivity index (χ3n) is 1.54. The van der Waals surface area contributed by atoms with Crippen LogP contribution in [0.1, 0.15) is 13.3 Å². The lowest BCUT2D eigenvalue weighted by Crippen LogP contribution is -2.14. The molecule has 1 aliphatic carbocycles. The topological polar surface area (TPSA) is 34.1 Å². The smallest absolute Gasteiger partial charge is 0.216 e. The zero-order valence-electron chi connectivity index (χ0n) is 5.06. The van der Waals surface area contributed by atoms with Gasteiger partial charge in [-0.15, -0.1) is 11.6 Å². The molecule has 1 aliphatic rings. The maximum absolute atomic E-state index is 10.7. The standard InChI is InChI=1S/C6H7ClO2/c1-3-2-4(7)6(9)5(3)8/h3-4H,2H2,1H3. The molecule has 2 nitrogen and oxygen atoms in total. The fourth-order valence-corrected chi connectivity index (χ4v) is 1.30. The van der Waals surface area contributed by atoms with E-state index in [9.17, 15) is 9.59 Å². The van der Waals surface area contributed by atoms with E-state index in [1.807, 2.05) is 0 Å². The van der Waals surface area contributed by atoms with Crippen molar-refractivity contribution in [1.82, 2.24) is 0 Å². The summed E-state index contributed by atoms with van der Waals surface area (Å²) in [5.41, 5.74) is 0. The second kappa shape index (κ2) is 2.10. The number of hydrogen-bond acceptors (Lipinski definition) is 2. The lowest BCUT2D eigenvalue weighted by molar-refractivity contribution is -0.135. The molecule has 0 bridgehead atoms. The number of ketones is 2. The van der Waals surface area contributed by atoms with Crippen LogP contribution in [-0.4, -0.2) is 16.9 Å². The van der Waals surface area contributed by atoms with Crippen LogP contribution in [0.15, 0.2) is 0 Å². The van der Waals surface area contributed by atoms with Crippen molar-refractivity contribution in [3.8, 4) is 0 Å². The van der Waals surface area contributed by atoms with Crippen molar-refractivity contribution in [3.05, 3.63) is 0 Å². The van der Waals surface area contributed by atoms with Crippen molar-refractivity contribution in [3.63, 3.8) is 0 Å². The van der Waals surface area contributed by atoms with Crippen LogP contribution in [0.3, 0.4) is 0 Å². The molecule has 9 heavy (non-hydrogen) atoms. The van der Waals surface area contributed by atoms with E-state index in [0.29, 0.717) is 6.42 Å². The highest BCUT2D eigenvalue weighted by Crippen LogP contribution is 2.22. The van der Waals surface area contributed by atoms with Gasteiger partial charge < -0.3 is 0 Å². The molecular weight excluding hydrogens is 140 g/mol. The molecule has 3 heteroatoms. The third-order valence-corrected chi connectivity index (χ3v) is 1.91. The van der Waals surface area contributed by atoms with Gasteiger partial charge in [0.2, 0.25) is 11.6 Å². The third kappa shape index (κ3) is 0.990. The van der Waals surface area contributed by atoms with Crippen LogP contribution < -0.4 is 0 Å². The average Bonchev–Trinajstić information content (AvgIpc) is 1.98. The maximum atomic E-state index is 10.7. The van der Waals surface area contributed by atoms with Crippen LogP contribution in [0, 0.1) is 5.92 Å². The Labute approximate surface area is 58.2 Å². The molecular formula is C6H7ClO2. The minimum absolute atomic E-state index is 0.153. The molecule has 0 spiro atoms. The van der Waals surface area contributed by atoms with Gasteiger partial charge in [0.25, 0.3) is 0 Å². The van der Waals surface area contributed by atoms with E-state index in [4.69, 9.17) is 11.6 Å². The quantitative estimate of drug-likeness (QED) is 0.374. The SMILES string of the molecule is CC1CC(Cl)C(=O)C1=O. The Morgan fingerprint density at radius 2 is 2.00 bits per heavy atom. The second-order valence-electron chi connectivity index (χ2n) is 2.33. The first-order valence-corrected chi connectivity index (χ1v) is 3.28. The largest absolute Gasteiger partial charge is 0.291 e. The summed E-state index contributed by atoms with van der Waals surface area (Å²) in [6, 6.07) is 0. The predicted molar refractivity (Wildman–Crippen MR) is 33.4 cm³/mol. The summed E-state index contributed by atoms with van der Waals surface area (Å²) >= 11 is 5.48. The minimum Gasteiger partial charge on any atom is -0.291 e. The molecule has 0 aromatic carbocycles. The lowest BCUT2D eigenvalue weighted by Gasteiger charge is -1.91. The van der Waals surface area contributed by atoms with E-state index in [2.05, 4.69) is 0 Å². The van der Waals surface area contributed by atoms with E-state index in [1.54, 1.807) is 6.92 Å². The fourth-order valence-electron chi connectivity index (χ4n) is 0.922. The second-order valence-corrected chi connectivity index (χ2v) is 2.86. The van der Waals surface area contributed by atoms with Crippen molar-refractivity contribution in [1.29, 1.82) is 0 Å². The van der Waals surface area contributed by atoms with Gasteiger partial charge in [-0.05, 0) is 6.42 Å². The van der Waals surface area contributed by atoms with Crippen molar-refractivity contribution in [2.24, 2.45) is 5.92 Å². The Morgan fingerprint density at radius 1 is 1.44 bits per heavy atom. The summed E-state index contributed by atoms with van der Waals surface area (Å²) < 4.78 is 0. The van der Waals surface area contributed by atoms with Gasteiger partial charge in [-0.3, -0.25) is 9.59 Å². The van der Waals surface area contributed by atoms with E-state index in [1.165, 1.54) is 0 Å². The van der Waals surface area contributed by atoms with Gasteiger partial charge in [0.05, 0.1) is 0 Å². The van der Waals surface area contributed by atoms with Crippen molar-refractivity contribution >= 4 is 23.2 Å². The molecule has 2 unspecified atom stereocenters. The molecule has 0 aromatic rings. The number of halogens is 1. The Morgan fingerprint density at radius 3 is 2.11 bits per heavy atom. The summed E-state index contributed by atoms with van der Waals surface area (Å²) in [4.78, 5) is 21.3. The Bertz CT molecular complexity index is 146. The van der Waals surface area contributed by atoms with Gasteiger partial charge in [-0.2, -0.15) is 0 Å². The Hall–Kier alpha value is -0.370. The van der Waals surface area contributed by atoms with E-state index in [0.717, 1.165) is 0 Å². The first-order chi connectivity index (χ1) is 4.13. The molecule has 0 heterocycles. The van der Waals surface area contributed by atoms with Crippen LogP contribution >= 0.6 is 11.6 Å². The van der Waals surface area contributed by atoms with Gasteiger partial charge in [0.15, 0.2) is 0 Å². The molecule has 1 saturated carbocycles. The summed E-state index contributed by atoms with van der Waals surface area (Å²) in [5, 5.41) is -0.549. The Balaban J connectivity index is 2.77. The Kier molecular flexibility index (Phi) is 1.58. The fraction of sp³-hybridized carbons (Fsp3) is 0.667. The monoisotopic (exact) mass is 146 g/mol.